The summed E-state index contributed by atoms with van der Waals surface area (Å²) >= 11 is 0. The minimum absolute atomic E-state index is 0.0123. The van der Waals surface area contributed by atoms with Crippen LogP contribution in [0.4, 0.5) is 0 Å². The Morgan fingerprint density at radius 2 is 2.21 bits per heavy atom. The lowest BCUT2D eigenvalue weighted by atomic mass is 9.96. The first-order chi connectivity index (χ1) is 9.10. The Kier molecular flexibility index (Phi) is 5.19. The first kappa shape index (κ1) is 14.8. The van der Waals surface area contributed by atoms with Crippen molar-refractivity contribution in [1.82, 2.24) is 5.32 Å². The predicted molar refractivity (Wildman–Crippen MR) is 70.8 cm³/mol. The monoisotopic (exact) mass is 271 g/mol. The Labute approximate surface area is 114 Å². The van der Waals surface area contributed by atoms with Crippen LogP contribution in [0.5, 0.6) is 0 Å². The maximum Gasteiger partial charge on any atom is 0.220 e. The van der Waals surface area contributed by atoms with Crippen molar-refractivity contribution >= 4 is 5.91 Å². The summed E-state index contributed by atoms with van der Waals surface area (Å²) in [5, 5.41) is 13.1. The van der Waals surface area contributed by atoms with Gasteiger partial charge in [-0.25, -0.2) is 0 Å². The minimum atomic E-state index is -0.906. The van der Waals surface area contributed by atoms with Gasteiger partial charge in [0.2, 0.25) is 5.91 Å². The van der Waals surface area contributed by atoms with E-state index in [1.807, 2.05) is 6.92 Å². The molecule has 2 rings (SSSR count). The lowest BCUT2D eigenvalue weighted by Gasteiger charge is -2.26. The van der Waals surface area contributed by atoms with E-state index in [0.717, 1.165) is 25.9 Å². The third-order valence-corrected chi connectivity index (χ3v) is 4.22. The van der Waals surface area contributed by atoms with E-state index >= 15 is 0 Å². The second kappa shape index (κ2) is 6.68. The lowest BCUT2D eigenvalue weighted by Crippen LogP contribution is -2.47. The highest BCUT2D eigenvalue weighted by Gasteiger charge is 2.39. The SMILES string of the molecule is CC1OCCC1(O)CNC(=O)CCC1CCCCO1. The Morgan fingerprint density at radius 1 is 1.37 bits per heavy atom. The average Bonchev–Trinajstić information content (AvgIpc) is 2.76. The van der Waals surface area contributed by atoms with Gasteiger partial charge in [0, 0.05) is 32.6 Å². The van der Waals surface area contributed by atoms with Crippen molar-refractivity contribution in [2.24, 2.45) is 0 Å². The fraction of sp³-hybridized carbons (Fsp3) is 0.929. The van der Waals surface area contributed by atoms with Gasteiger partial charge in [0.25, 0.3) is 0 Å². The molecule has 0 spiro atoms. The maximum atomic E-state index is 11.8. The van der Waals surface area contributed by atoms with Crippen molar-refractivity contribution in [2.75, 3.05) is 19.8 Å². The largest absolute Gasteiger partial charge is 0.385 e. The molecule has 1 amide bonds. The molecule has 5 heteroatoms. The number of aliphatic hydroxyl groups is 1. The summed E-state index contributed by atoms with van der Waals surface area (Å²) in [6.45, 7) is 3.50. The zero-order valence-corrected chi connectivity index (χ0v) is 11.7. The molecule has 0 aliphatic carbocycles. The molecule has 2 aliphatic rings. The smallest absolute Gasteiger partial charge is 0.220 e. The first-order valence-electron chi connectivity index (χ1n) is 7.32. The molecule has 2 aliphatic heterocycles. The van der Waals surface area contributed by atoms with Gasteiger partial charge in [-0.2, -0.15) is 0 Å². The van der Waals surface area contributed by atoms with Crippen molar-refractivity contribution < 1.29 is 19.4 Å². The number of ether oxygens (including phenoxy) is 2. The fourth-order valence-corrected chi connectivity index (χ4v) is 2.67. The van der Waals surface area contributed by atoms with Crippen molar-refractivity contribution in [3.05, 3.63) is 0 Å². The molecule has 2 heterocycles. The summed E-state index contributed by atoms with van der Waals surface area (Å²) in [6, 6.07) is 0. The van der Waals surface area contributed by atoms with E-state index in [9.17, 15) is 9.90 Å². The van der Waals surface area contributed by atoms with Crippen LogP contribution in [0.15, 0.2) is 0 Å². The van der Waals surface area contributed by atoms with Crippen LogP contribution in [0.2, 0.25) is 0 Å². The van der Waals surface area contributed by atoms with Gasteiger partial charge in [-0.3, -0.25) is 4.79 Å². The predicted octanol–water partition coefficient (Wildman–Crippen LogP) is 0.992. The van der Waals surface area contributed by atoms with Crippen LogP contribution in [0.25, 0.3) is 0 Å². The number of hydrogen-bond donors (Lipinski definition) is 2. The van der Waals surface area contributed by atoms with Crippen molar-refractivity contribution in [3.8, 4) is 0 Å². The molecule has 0 aromatic rings. The molecule has 0 saturated carbocycles. The maximum absolute atomic E-state index is 11.8. The van der Waals surface area contributed by atoms with Crippen LogP contribution >= 0.6 is 0 Å². The standard InChI is InChI=1S/C14H25NO4/c1-11-14(17,7-9-18-11)10-15-13(16)6-5-12-4-2-3-8-19-12/h11-12,17H,2-10H2,1H3,(H,15,16). The van der Waals surface area contributed by atoms with Gasteiger partial charge in [0.05, 0.1) is 12.2 Å². The number of hydrogen-bond acceptors (Lipinski definition) is 4. The van der Waals surface area contributed by atoms with E-state index in [0.29, 0.717) is 19.4 Å². The van der Waals surface area contributed by atoms with Crippen molar-refractivity contribution in [1.29, 1.82) is 0 Å². The number of carbonyl (C=O) groups is 1. The highest BCUT2D eigenvalue weighted by Crippen LogP contribution is 2.24. The molecular formula is C14H25NO4. The van der Waals surface area contributed by atoms with E-state index in [-0.39, 0.29) is 24.7 Å². The van der Waals surface area contributed by atoms with Gasteiger partial charge in [0.1, 0.15) is 5.60 Å². The molecule has 3 atom stereocenters. The normalized spacial score (nSPS) is 35.3. The molecule has 2 saturated heterocycles. The van der Waals surface area contributed by atoms with Gasteiger partial charge >= 0.3 is 0 Å². The van der Waals surface area contributed by atoms with E-state index in [2.05, 4.69) is 5.32 Å². The van der Waals surface area contributed by atoms with Crippen LogP contribution in [0.3, 0.4) is 0 Å². The number of carbonyl (C=O) groups excluding carboxylic acids is 1. The summed E-state index contributed by atoms with van der Waals surface area (Å²) < 4.78 is 10.9. The molecule has 0 radical (unpaired) electrons. The number of rotatable bonds is 5. The molecule has 110 valence electrons. The lowest BCUT2D eigenvalue weighted by molar-refractivity contribution is -0.124. The van der Waals surface area contributed by atoms with Crippen molar-refractivity contribution in [2.45, 2.75) is 63.3 Å². The minimum Gasteiger partial charge on any atom is -0.385 e. The van der Waals surface area contributed by atoms with Crippen molar-refractivity contribution in [3.63, 3.8) is 0 Å². The molecule has 19 heavy (non-hydrogen) atoms. The van der Waals surface area contributed by atoms with Crippen LogP contribution in [-0.4, -0.2) is 48.6 Å². The highest BCUT2D eigenvalue weighted by atomic mass is 16.5. The zero-order valence-electron chi connectivity index (χ0n) is 11.7. The molecule has 0 bridgehead atoms. The third-order valence-electron chi connectivity index (χ3n) is 4.22. The van der Waals surface area contributed by atoms with Gasteiger partial charge in [-0.1, -0.05) is 0 Å². The van der Waals surface area contributed by atoms with E-state index in [4.69, 9.17) is 9.47 Å². The summed E-state index contributed by atoms with van der Waals surface area (Å²) in [5.41, 5.74) is -0.906. The molecule has 5 nitrogen and oxygen atoms in total. The van der Waals surface area contributed by atoms with Gasteiger partial charge in [-0.05, 0) is 32.6 Å². The number of amides is 1. The molecular weight excluding hydrogens is 246 g/mol. The van der Waals surface area contributed by atoms with Crippen LogP contribution in [-0.2, 0) is 14.3 Å². The Balaban J connectivity index is 1.64. The van der Waals surface area contributed by atoms with Gasteiger partial charge in [0.15, 0.2) is 0 Å². The third kappa shape index (κ3) is 4.16. The van der Waals surface area contributed by atoms with Crippen LogP contribution in [0, 0.1) is 0 Å². The quantitative estimate of drug-likeness (QED) is 0.782. The Hall–Kier alpha value is -0.650. The second-order valence-corrected chi connectivity index (χ2v) is 5.67. The first-order valence-corrected chi connectivity index (χ1v) is 7.32. The Morgan fingerprint density at radius 3 is 2.84 bits per heavy atom. The van der Waals surface area contributed by atoms with Gasteiger partial charge < -0.3 is 19.9 Å². The average molecular weight is 271 g/mol. The molecule has 2 N–H and O–H groups in total. The van der Waals surface area contributed by atoms with Crippen LogP contribution in [0.1, 0.15) is 45.4 Å². The highest BCUT2D eigenvalue weighted by molar-refractivity contribution is 5.75. The molecule has 3 unspecified atom stereocenters. The summed E-state index contributed by atoms with van der Waals surface area (Å²) in [6.07, 6.45) is 5.23. The molecule has 0 aromatic heterocycles. The molecule has 0 aromatic carbocycles. The van der Waals surface area contributed by atoms with E-state index in [1.165, 1.54) is 6.42 Å². The summed E-state index contributed by atoms with van der Waals surface area (Å²) in [4.78, 5) is 11.8. The fourth-order valence-electron chi connectivity index (χ4n) is 2.67. The van der Waals surface area contributed by atoms with E-state index in [1.54, 1.807) is 0 Å². The molecule has 2 fully saturated rings. The Bertz CT molecular complexity index is 304. The zero-order chi connectivity index (χ0) is 13.7. The van der Waals surface area contributed by atoms with Gasteiger partial charge in [-0.15, -0.1) is 0 Å². The van der Waals surface area contributed by atoms with Crippen LogP contribution < -0.4 is 5.32 Å². The summed E-state index contributed by atoms with van der Waals surface area (Å²) in [5.74, 6) is -0.0123. The van der Waals surface area contributed by atoms with E-state index < -0.39 is 5.60 Å². The number of nitrogens with one attached hydrogen (secondary N) is 1. The second-order valence-electron chi connectivity index (χ2n) is 5.67. The topological polar surface area (TPSA) is 67.8 Å². The summed E-state index contributed by atoms with van der Waals surface area (Å²) in [7, 11) is 0.